The summed E-state index contributed by atoms with van der Waals surface area (Å²) in [6.07, 6.45) is 3.70. The molecule has 0 aliphatic carbocycles. The average Bonchev–Trinajstić information content (AvgIpc) is 2.86. The number of esters is 1. The van der Waals surface area contributed by atoms with Crippen molar-refractivity contribution in [1.82, 2.24) is 9.97 Å². The minimum Gasteiger partial charge on any atom is -0.506 e. The van der Waals surface area contributed by atoms with Crippen LogP contribution in [0, 0.1) is 0 Å². The zero-order chi connectivity index (χ0) is 13.7. The van der Waals surface area contributed by atoms with E-state index >= 15 is 0 Å². The van der Waals surface area contributed by atoms with Crippen LogP contribution in [-0.4, -0.2) is 21.0 Å². The summed E-state index contributed by atoms with van der Waals surface area (Å²) in [5, 5.41) is 9.18. The maximum Gasteiger partial charge on any atom is 0.306 e. The molecule has 0 aliphatic rings. The molecule has 0 unspecified atom stereocenters. The fraction of sp³-hybridized carbons (Fsp3) is 0.308. The Morgan fingerprint density at radius 1 is 1.42 bits per heavy atom. The first-order valence-corrected chi connectivity index (χ1v) is 5.94. The number of hydrogen-bond acceptors (Lipinski definition) is 6. The molecule has 2 rings (SSSR count). The maximum atomic E-state index is 11.3. The molecular weight excluding hydrogens is 248 g/mol. The molecule has 100 valence electrons. The van der Waals surface area contributed by atoms with Gasteiger partial charge in [-0.25, -0.2) is 4.98 Å². The van der Waals surface area contributed by atoms with Crippen LogP contribution >= 0.6 is 0 Å². The van der Waals surface area contributed by atoms with Crippen LogP contribution in [0.2, 0.25) is 0 Å². The predicted molar refractivity (Wildman–Crippen MR) is 66.1 cm³/mol. The highest BCUT2D eigenvalue weighted by Gasteiger charge is 2.13. The van der Waals surface area contributed by atoms with Gasteiger partial charge in [-0.1, -0.05) is 6.92 Å². The molecule has 0 bridgehead atoms. The molecule has 2 heterocycles. The van der Waals surface area contributed by atoms with Crippen molar-refractivity contribution in [3.63, 3.8) is 0 Å². The minimum atomic E-state index is -0.275. The van der Waals surface area contributed by atoms with Crippen molar-refractivity contribution in [3.05, 3.63) is 30.5 Å². The van der Waals surface area contributed by atoms with Gasteiger partial charge in [-0.15, -0.1) is 0 Å². The first-order valence-electron chi connectivity index (χ1n) is 5.94. The van der Waals surface area contributed by atoms with E-state index in [1.807, 2.05) is 6.92 Å². The Morgan fingerprint density at radius 2 is 2.26 bits per heavy atom. The van der Waals surface area contributed by atoms with Crippen LogP contribution in [-0.2, 0) is 16.1 Å². The topological polar surface area (TPSA) is 85.5 Å². The third-order valence-corrected chi connectivity index (χ3v) is 2.45. The van der Waals surface area contributed by atoms with Gasteiger partial charge in [-0.3, -0.25) is 9.78 Å². The van der Waals surface area contributed by atoms with Gasteiger partial charge in [0.2, 0.25) is 0 Å². The van der Waals surface area contributed by atoms with Crippen LogP contribution in [0.15, 0.2) is 29.1 Å². The van der Waals surface area contributed by atoms with Crippen LogP contribution in [0.25, 0.3) is 11.4 Å². The highest BCUT2D eigenvalue weighted by molar-refractivity contribution is 5.69. The highest BCUT2D eigenvalue weighted by atomic mass is 16.5. The van der Waals surface area contributed by atoms with Crippen LogP contribution in [0.4, 0.5) is 0 Å². The molecule has 1 N–H and O–H groups in total. The van der Waals surface area contributed by atoms with Gasteiger partial charge in [0.15, 0.2) is 18.8 Å². The summed E-state index contributed by atoms with van der Waals surface area (Å²) in [5.74, 6) is 0.231. The number of rotatable bonds is 5. The predicted octanol–water partition coefficient (Wildman–Crippen LogP) is 2.29. The van der Waals surface area contributed by atoms with Crippen LogP contribution in [0.5, 0.6) is 5.75 Å². The van der Waals surface area contributed by atoms with Gasteiger partial charge in [-0.2, -0.15) is 0 Å². The molecule has 0 atom stereocenters. The lowest BCUT2D eigenvalue weighted by molar-refractivity contribution is -0.145. The molecule has 19 heavy (non-hydrogen) atoms. The Bertz CT molecular complexity index is 548. The van der Waals surface area contributed by atoms with Gasteiger partial charge in [0.1, 0.15) is 11.4 Å². The van der Waals surface area contributed by atoms with Gasteiger partial charge in [0.25, 0.3) is 0 Å². The van der Waals surface area contributed by atoms with Gasteiger partial charge in [-0.05, 0) is 18.6 Å². The van der Waals surface area contributed by atoms with E-state index in [0.717, 1.165) is 6.42 Å². The second-order valence-electron chi connectivity index (χ2n) is 3.94. The van der Waals surface area contributed by atoms with Crippen molar-refractivity contribution in [2.45, 2.75) is 26.4 Å². The molecule has 2 aromatic heterocycles. The van der Waals surface area contributed by atoms with E-state index in [-0.39, 0.29) is 18.3 Å². The molecule has 2 aromatic rings. The highest BCUT2D eigenvalue weighted by Crippen LogP contribution is 2.22. The zero-order valence-electron chi connectivity index (χ0n) is 10.5. The van der Waals surface area contributed by atoms with E-state index in [1.54, 1.807) is 6.07 Å². The van der Waals surface area contributed by atoms with Gasteiger partial charge >= 0.3 is 5.97 Å². The van der Waals surface area contributed by atoms with E-state index in [9.17, 15) is 9.90 Å². The van der Waals surface area contributed by atoms with Crippen molar-refractivity contribution < 1.29 is 19.1 Å². The number of ether oxygens (including phenoxy) is 1. The number of oxazole rings is 1. The third kappa shape index (κ3) is 3.31. The van der Waals surface area contributed by atoms with Crippen LogP contribution in [0.1, 0.15) is 25.5 Å². The lowest BCUT2D eigenvalue weighted by atomic mass is 10.2. The number of carbonyl (C=O) groups is 1. The molecule has 6 nitrogen and oxygen atoms in total. The lowest BCUT2D eigenvalue weighted by Gasteiger charge is -2.03. The monoisotopic (exact) mass is 262 g/mol. The van der Waals surface area contributed by atoms with Crippen molar-refractivity contribution in [3.8, 4) is 17.1 Å². The molecule has 0 fully saturated rings. The molecule has 0 aromatic carbocycles. The fourth-order valence-corrected chi connectivity index (χ4v) is 1.53. The summed E-state index contributed by atoms with van der Waals surface area (Å²) in [6.45, 7) is 1.93. The average molecular weight is 262 g/mol. The first kappa shape index (κ1) is 13.1. The smallest absolute Gasteiger partial charge is 0.306 e. The molecule has 0 saturated carbocycles. The zero-order valence-corrected chi connectivity index (χ0v) is 10.5. The number of hydrogen-bond donors (Lipinski definition) is 1. The maximum absolute atomic E-state index is 11.3. The quantitative estimate of drug-likeness (QED) is 0.832. The standard InChI is InChI=1S/C13H14N2O4/c1-2-3-12(17)18-7-11-13(15-8-19-11)10-5-4-9(16)6-14-10/h4-6,8,16H,2-3,7H2,1H3. The Hall–Kier alpha value is -2.37. The first-order chi connectivity index (χ1) is 9.20. The number of carbonyl (C=O) groups excluding carboxylic acids is 1. The molecule has 0 saturated heterocycles. The van der Waals surface area contributed by atoms with E-state index in [1.165, 1.54) is 18.7 Å². The second-order valence-corrected chi connectivity index (χ2v) is 3.94. The van der Waals surface area contributed by atoms with Gasteiger partial charge < -0.3 is 14.3 Å². The second kappa shape index (κ2) is 5.99. The Balaban J connectivity index is 2.09. The third-order valence-electron chi connectivity index (χ3n) is 2.45. The van der Waals surface area contributed by atoms with Gasteiger partial charge in [0, 0.05) is 6.42 Å². The summed E-state index contributed by atoms with van der Waals surface area (Å²) in [4.78, 5) is 19.4. The SMILES string of the molecule is CCCC(=O)OCc1ocnc1-c1ccc(O)cn1. The molecule has 6 heteroatoms. The summed E-state index contributed by atoms with van der Waals surface area (Å²) >= 11 is 0. The molecule has 0 aliphatic heterocycles. The summed E-state index contributed by atoms with van der Waals surface area (Å²) in [7, 11) is 0. The van der Waals surface area contributed by atoms with Gasteiger partial charge in [0.05, 0.1) is 11.9 Å². The molecular formula is C13H14N2O4. The Kier molecular flexibility index (Phi) is 4.12. The molecule has 0 radical (unpaired) electrons. The van der Waals surface area contributed by atoms with Crippen molar-refractivity contribution in [2.75, 3.05) is 0 Å². The van der Waals surface area contributed by atoms with E-state index in [0.29, 0.717) is 23.6 Å². The summed E-state index contributed by atoms with van der Waals surface area (Å²) in [6, 6.07) is 3.12. The Morgan fingerprint density at radius 3 is 2.95 bits per heavy atom. The van der Waals surface area contributed by atoms with E-state index in [2.05, 4.69) is 9.97 Å². The van der Waals surface area contributed by atoms with Crippen molar-refractivity contribution in [2.24, 2.45) is 0 Å². The van der Waals surface area contributed by atoms with Crippen molar-refractivity contribution in [1.29, 1.82) is 0 Å². The minimum absolute atomic E-state index is 0.0245. The number of nitrogens with zero attached hydrogens (tertiary/aromatic N) is 2. The summed E-state index contributed by atoms with van der Waals surface area (Å²) in [5.41, 5.74) is 1.05. The van der Waals surface area contributed by atoms with Crippen molar-refractivity contribution >= 4 is 5.97 Å². The fourth-order valence-electron chi connectivity index (χ4n) is 1.53. The number of aromatic nitrogens is 2. The summed E-state index contributed by atoms with van der Waals surface area (Å²) < 4.78 is 10.2. The molecule has 0 spiro atoms. The van der Waals surface area contributed by atoms with Crippen LogP contribution < -0.4 is 0 Å². The largest absolute Gasteiger partial charge is 0.506 e. The Labute approximate surface area is 110 Å². The lowest BCUT2D eigenvalue weighted by Crippen LogP contribution is -2.04. The van der Waals surface area contributed by atoms with E-state index in [4.69, 9.17) is 9.15 Å². The normalized spacial score (nSPS) is 10.4. The van der Waals surface area contributed by atoms with Crippen LogP contribution in [0.3, 0.4) is 0 Å². The number of pyridine rings is 1. The number of aromatic hydroxyl groups is 1. The molecule has 0 amide bonds. The van der Waals surface area contributed by atoms with E-state index < -0.39 is 0 Å².